The first-order chi connectivity index (χ1) is 7.99. The van der Waals surface area contributed by atoms with Gasteiger partial charge in [-0.25, -0.2) is 4.79 Å². The topological polar surface area (TPSA) is 46.5 Å². The van der Waals surface area contributed by atoms with E-state index >= 15 is 0 Å². The second-order valence-electron chi connectivity index (χ2n) is 6.32. The van der Waals surface area contributed by atoms with Crippen molar-refractivity contribution in [3.8, 4) is 0 Å². The molecule has 0 unspecified atom stereocenters. The van der Waals surface area contributed by atoms with Gasteiger partial charge in [0.15, 0.2) is 5.76 Å². The summed E-state index contributed by atoms with van der Waals surface area (Å²) in [5.41, 5.74) is -0.365. The molecule has 0 aliphatic heterocycles. The predicted octanol–water partition coefficient (Wildman–Crippen LogP) is 2.82. The van der Waals surface area contributed by atoms with Crippen molar-refractivity contribution < 1.29 is 14.6 Å². The Kier molecular flexibility index (Phi) is 2.29. The van der Waals surface area contributed by atoms with Gasteiger partial charge in [0.05, 0.1) is 0 Å². The Labute approximate surface area is 102 Å². The van der Waals surface area contributed by atoms with Crippen molar-refractivity contribution >= 4 is 5.97 Å². The molecule has 0 aromatic heterocycles. The standard InChI is InChI=1S/C14H20O3/c1-8(15)13(16)17-14(2)11-4-9-3-10(6-11)7-12(14)5-9/h9-12,15H,1,3-7H2,2H3. The van der Waals surface area contributed by atoms with Crippen molar-refractivity contribution in [2.45, 2.75) is 44.6 Å². The van der Waals surface area contributed by atoms with E-state index in [-0.39, 0.29) is 5.60 Å². The smallest absolute Gasteiger partial charge is 0.373 e. The van der Waals surface area contributed by atoms with E-state index in [1.54, 1.807) is 0 Å². The molecule has 4 saturated carbocycles. The van der Waals surface area contributed by atoms with Crippen LogP contribution in [0.1, 0.15) is 39.0 Å². The zero-order chi connectivity index (χ0) is 12.2. The molecule has 0 amide bonds. The van der Waals surface area contributed by atoms with Gasteiger partial charge in [-0.1, -0.05) is 0 Å². The Balaban J connectivity index is 1.82. The third kappa shape index (κ3) is 1.59. The maximum atomic E-state index is 11.6. The Morgan fingerprint density at radius 2 is 1.65 bits per heavy atom. The minimum Gasteiger partial charge on any atom is -0.502 e. The van der Waals surface area contributed by atoms with E-state index in [0.29, 0.717) is 11.8 Å². The summed E-state index contributed by atoms with van der Waals surface area (Å²) < 4.78 is 5.59. The maximum absolute atomic E-state index is 11.6. The number of aliphatic hydroxyl groups excluding tert-OH is 1. The fourth-order valence-corrected chi connectivity index (χ4v) is 4.55. The van der Waals surface area contributed by atoms with Gasteiger partial charge in [0.1, 0.15) is 5.60 Å². The average Bonchev–Trinajstić information content (AvgIpc) is 2.25. The molecule has 0 saturated heterocycles. The minimum atomic E-state index is -0.639. The number of hydrogen-bond acceptors (Lipinski definition) is 3. The minimum absolute atomic E-state index is 0.365. The molecular weight excluding hydrogens is 216 g/mol. The molecule has 3 nitrogen and oxygen atoms in total. The molecule has 3 heteroatoms. The van der Waals surface area contributed by atoms with Crippen LogP contribution in [-0.4, -0.2) is 16.7 Å². The van der Waals surface area contributed by atoms with E-state index < -0.39 is 11.7 Å². The van der Waals surface area contributed by atoms with Gasteiger partial charge < -0.3 is 9.84 Å². The summed E-state index contributed by atoms with van der Waals surface area (Å²) in [7, 11) is 0. The normalized spacial score (nSPS) is 46.9. The number of ether oxygens (including phenoxy) is 1. The molecule has 0 atom stereocenters. The highest BCUT2D eigenvalue weighted by Crippen LogP contribution is 2.59. The lowest BCUT2D eigenvalue weighted by molar-refractivity contribution is -0.201. The summed E-state index contributed by atoms with van der Waals surface area (Å²) in [5, 5.41) is 9.12. The number of rotatable bonds is 2. The van der Waals surface area contributed by atoms with E-state index in [2.05, 4.69) is 13.5 Å². The molecule has 0 radical (unpaired) electrons. The first-order valence-corrected chi connectivity index (χ1v) is 6.60. The summed E-state index contributed by atoms with van der Waals surface area (Å²) in [6.45, 7) is 5.31. The van der Waals surface area contributed by atoms with E-state index in [1.165, 1.54) is 32.1 Å². The van der Waals surface area contributed by atoms with Gasteiger partial charge in [0, 0.05) is 0 Å². The van der Waals surface area contributed by atoms with Crippen LogP contribution in [0.25, 0.3) is 0 Å². The van der Waals surface area contributed by atoms with Crippen molar-refractivity contribution in [2.24, 2.45) is 23.7 Å². The largest absolute Gasteiger partial charge is 0.502 e. The molecule has 0 heterocycles. The van der Waals surface area contributed by atoms with Crippen molar-refractivity contribution in [3.05, 3.63) is 12.3 Å². The lowest BCUT2D eigenvalue weighted by atomic mass is 9.50. The third-order valence-electron chi connectivity index (χ3n) is 5.31. The van der Waals surface area contributed by atoms with Crippen LogP contribution in [0.2, 0.25) is 0 Å². The predicted molar refractivity (Wildman–Crippen MR) is 63.3 cm³/mol. The van der Waals surface area contributed by atoms with Gasteiger partial charge in [0.25, 0.3) is 0 Å². The van der Waals surface area contributed by atoms with Crippen LogP contribution >= 0.6 is 0 Å². The molecule has 94 valence electrons. The highest BCUT2D eigenvalue weighted by molar-refractivity contribution is 5.85. The van der Waals surface area contributed by atoms with E-state index in [0.717, 1.165) is 11.8 Å². The molecule has 4 bridgehead atoms. The second-order valence-corrected chi connectivity index (χ2v) is 6.32. The number of esters is 1. The first-order valence-electron chi connectivity index (χ1n) is 6.60. The molecule has 1 N–H and O–H groups in total. The fraction of sp³-hybridized carbons (Fsp3) is 0.786. The number of aliphatic hydroxyl groups is 1. The SMILES string of the molecule is C=C(O)C(=O)OC1(C)C2CC3CC(C2)CC1C3. The lowest BCUT2D eigenvalue weighted by Gasteiger charge is -2.58. The first kappa shape index (κ1) is 11.1. The van der Waals surface area contributed by atoms with Crippen LogP contribution in [0.4, 0.5) is 0 Å². The second kappa shape index (κ2) is 3.50. The quantitative estimate of drug-likeness (QED) is 0.455. The van der Waals surface area contributed by atoms with Gasteiger partial charge >= 0.3 is 5.97 Å². The monoisotopic (exact) mass is 236 g/mol. The number of carbonyl (C=O) groups is 1. The van der Waals surface area contributed by atoms with Crippen LogP contribution in [0.5, 0.6) is 0 Å². The van der Waals surface area contributed by atoms with Crippen LogP contribution in [0.3, 0.4) is 0 Å². The third-order valence-corrected chi connectivity index (χ3v) is 5.31. The molecule has 17 heavy (non-hydrogen) atoms. The summed E-state index contributed by atoms with van der Waals surface area (Å²) >= 11 is 0. The Morgan fingerprint density at radius 3 is 2.06 bits per heavy atom. The highest BCUT2D eigenvalue weighted by Gasteiger charge is 2.57. The van der Waals surface area contributed by atoms with Gasteiger partial charge in [-0.05, 0) is 69.3 Å². The lowest BCUT2D eigenvalue weighted by Crippen LogP contribution is -2.58. The number of carbonyl (C=O) groups excluding carboxylic acids is 1. The maximum Gasteiger partial charge on any atom is 0.373 e. The Bertz CT molecular complexity index is 344. The van der Waals surface area contributed by atoms with E-state index in [9.17, 15) is 4.79 Å². The van der Waals surface area contributed by atoms with Gasteiger partial charge in [-0.2, -0.15) is 0 Å². The Morgan fingerprint density at radius 1 is 1.18 bits per heavy atom. The van der Waals surface area contributed by atoms with Crippen LogP contribution < -0.4 is 0 Å². The average molecular weight is 236 g/mol. The molecular formula is C14H20O3. The van der Waals surface area contributed by atoms with Crippen molar-refractivity contribution in [1.29, 1.82) is 0 Å². The molecule has 4 fully saturated rings. The molecule has 0 spiro atoms. The van der Waals surface area contributed by atoms with Gasteiger partial charge in [0.2, 0.25) is 0 Å². The van der Waals surface area contributed by atoms with E-state index in [4.69, 9.17) is 9.84 Å². The molecule has 4 rings (SSSR count). The highest BCUT2D eigenvalue weighted by atomic mass is 16.6. The van der Waals surface area contributed by atoms with Crippen molar-refractivity contribution in [1.82, 2.24) is 0 Å². The fourth-order valence-electron chi connectivity index (χ4n) is 4.55. The molecule has 0 aromatic rings. The zero-order valence-electron chi connectivity index (χ0n) is 10.3. The van der Waals surface area contributed by atoms with Crippen molar-refractivity contribution in [2.75, 3.05) is 0 Å². The molecule has 0 aromatic carbocycles. The van der Waals surface area contributed by atoms with Crippen molar-refractivity contribution in [3.63, 3.8) is 0 Å². The Hall–Kier alpha value is -0.990. The summed E-state index contributed by atoms with van der Waals surface area (Å²) in [4.78, 5) is 11.6. The molecule has 4 aliphatic rings. The van der Waals surface area contributed by atoms with Crippen LogP contribution in [0.15, 0.2) is 12.3 Å². The summed E-state index contributed by atoms with van der Waals surface area (Å²) in [6.07, 6.45) is 6.14. The van der Waals surface area contributed by atoms with Crippen LogP contribution in [0, 0.1) is 23.7 Å². The van der Waals surface area contributed by atoms with Gasteiger partial charge in [-0.15, -0.1) is 0 Å². The summed E-state index contributed by atoms with van der Waals surface area (Å²) in [6, 6.07) is 0. The number of hydrogen-bond donors (Lipinski definition) is 1. The van der Waals surface area contributed by atoms with E-state index in [1.807, 2.05) is 0 Å². The zero-order valence-corrected chi connectivity index (χ0v) is 10.3. The molecule has 4 aliphatic carbocycles. The van der Waals surface area contributed by atoms with Gasteiger partial charge in [-0.3, -0.25) is 0 Å². The summed E-state index contributed by atoms with van der Waals surface area (Å²) in [5.74, 6) is 1.56. The van der Waals surface area contributed by atoms with Crippen LogP contribution in [-0.2, 0) is 9.53 Å².